The summed E-state index contributed by atoms with van der Waals surface area (Å²) in [5.41, 5.74) is 0.399. The van der Waals surface area contributed by atoms with E-state index in [2.05, 4.69) is 36.8 Å². The molecule has 0 unspecified atom stereocenters. The maximum atomic E-state index is 14.0. The molecule has 7 nitrogen and oxygen atoms in total. The molecule has 3 rings (SSSR count). The standard InChI is InChI=1S/C23H23BrCl2FN5O2S/c1-12(2)8-19(29-22(34)15-6-5-14(25)10-16(15)26)21-30-31-23(32(21)3)35-11-20(33)28-18-7-4-13(24)9-17(18)27/h4-7,9-10,12,19H,8,11H2,1-3H3,(H,28,33)(H,29,34)/t19-/m1/s1. The summed E-state index contributed by atoms with van der Waals surface area (Å²) in [5, 5.41) is 15.1. The van der Waals surface area contributed by atoms with Gasteiger partial charge in [-0.3, -0.25) is 9.59 Å². The highest BCUT2D eigenvalue weighted by atomic mass is 79.9. The van der Waals surface area contributed by atoms with Gasteiger partial charge in [0, 0.05) is 16.5 Å². The summed E-state index contributed by atoms with van der Waals surface area (Å²) in [5.74, 6) is -0.481. The molecule has 0 fully saturated rings. The van der Waals surface area contributed by atoms with Crippen molar-refractivity contribution >= 4 is 68.4 Å². The molecule has 2 N–H and O–H groups in total. The van der Waals surface area contributed by atoms with E-state index in [4.69, 9.17) is 23.2 Å². The van der Waals surface area contributed by atoms with E-state index < -0.39 is 11.9 Å². The number of rotatable bonds is 9. The molecule has 0 aliphatic rings. The summed E-state index contributed by atoms with van der Waals surface area (Å²) in [6.07, 6.45) is 0.608. The molecule has 12 heteroatoms. The Kier molecular flexibility index (Phi) is 9.57. The lowest BCUT2D eigenvalue weighted by Gasteiger charge is -2.20. The van der Waals surface area contributed by atoms with E-state index in [1.807, 2.05) is 13.8 Å². The van der Waals surface area contributed by atoms with Gasteiger partial charge in [0.2, 0.25) is 5.91 Å². The molecule has 0 aliphatic heterocycles. The number of benzene rings is 2. The second-order valence-corrected chi connectivity index (χ2v) is 10.8. The van der Waals surface area contributed by atoms with E-state index in [1.165, 1.54) is 18.2 Å². The summed E-state index contributed by atoms with van der Waals surface area (Å²) >= 11 is 16.5. The molecule has 2 aromatic carbocycles. The van der Waals surface area contributed by atoms with E-state index in [0.29, 0.717) is 32.5 Å². The van der Waals surface area contributed by atoms with Gasteiger partial charge in [-0.1, -0.05) is 64.7 Å². The number of nitrogens with zero attached hydrogens (tertiary/aromatic N) is 3. The summed E-state index contributed by atoms with van der Waals surface area (Å²) in [7, 11) is 1.76. The number of thioether (sulfide) groups is 1. The highest BCUT2D eigenvalue weighted by molar-refractivity contribution is 9.10. The molecule has 3 aromatic rings. The first kappa shape index (κ1) is 27.4. The Hall–Kier alpha value is -2.14. The average Bonchev–Trinajstić information content (AvgIpc) is 3.13. The first-order valence-corrected chi connectivity index (χ1v) is 13.1. The van der Waals surface area contributed by atoms with Crippen LogP contribution in [0, 0.1) is 11.7 Å². The van der Waals surface area contributed by atoms with Crippen LogP contribution < -0.4 is 10.6 Å². The van der Waals surface area contributed by atoms with Crippen molar-refractivity contribution in [3.05, 3.63) is 68.1 Å². The van der Waals surface area contributed by atoms with Crippen LogP contribution in [0.1, 0.15) is 42.5 Å². The number of aromatic nitrogens is 3. The van der Waals surface area contributed by atoms with Gasteiger partial charge in [0.05, 0.1) is 28.1 Å². The van der Waals surface area contributed by atoms with E-state index in [1.54, 1.807) is 29.8 Å². The number of nitrogens with one attached hydrogen (secondary N) is 2. The molecule has 0 aliphatic carbocycles. The molecule has 0 saturated heterocycles. The number of halogens is 4. The molecule has 0 spiro atoms. The van der Waals surface area contributed by atoms with Gasteiger partial charge < -0.3 is 15.2 Å². The zero-order chi connectivity index (χ0) is 25.7. The quantitative estimate of drug-likeness (QED) is 0.282. The molecule has 0 radical (unpaired) electrons. The highest BCUT2D eigenvalue weighted by Gasteiger charge is 2.24. The normalized spacial score (nSPS) is 12.0. The molecule has 186 valence electrons. The Bertz CT molecular complexity index is 1240. The van der Waals surface area contributed by atoms with Crippen molar-refractivity contribution < 1.29 is 14.0 Å². The predicted molar refractivity (Wildman–Crippen MR) is 141 cm³/mol. The van der Waals surface area contributed by atoms with Crippen molar-refractivity contribution in [2.75, 3.05) is 11.1 Å². The Morgan fingerprint density at radius 2 is 1.91 bits per heavy atom. The maximum Gasteiger partial charge on any atom is 0.253 e. The number of hydrogen-bond acceptors (Lipinski definition) is 5. The molecule has 35 heavy (non-hydrogen) atoms. The van der Waals surface area contributed by atoms with Crippen molar-refractivity contribution in [3.63, 3.8) is 0 Å². The van der Waals surface area contributed by atoms with Gasteiger partial charge in [-0.15, -0.1) is 10.2 Å². The van der Waals surface area contributed by atoms with Crippen LogP contribution in [-0.4, -0.2) is 32.3 Å². The fourth-order valence-corrected chi connectivity index (χ4v) is 4.82. The van der Waals surface area contributed by atoms with E-state index in [-0.39, 0.29) is 34.2 Å². The van der Waals surface area contributed by atoms with Crippen LogP contribution in [0.3, 0.4) is 0 Å². The molecular formula is C23H23BrCl2FN5O2S. The van der Waals surface area contributed by atoms with Crippen molar-refractivity contribution in [2.24, 2.45) is 13.0 Å². The van der Waals surface area contributed by atoms with Crippen LogP contribution in [0.15, 0.2) is 46.0 Å². The Morgan fingerprint density at radius 3 is 2.57 bits per heavy atom. The van der Waals surface area contributed by atoms with Gasteiger partial charge in [-0.25, -0.2) is 4.39 Å². The Morgan fingerprint density at radius 1 is 1.17 bits per heavy atom. The molecule has 1 atom stereocenters. The van der Waals surface area contributed by atoms with Crippen LogP contribution in [0.25, 0.3) is 0 Å². The third-order valence-electron chi connectivity index (χ3n) is 4.91. The second kappa shape index (κ2) is 12.2. The number of carbonyl (C=O) groups is 2. The second-order valence-electron chi connectivity index (χ2n) is 8.14. The number of anilines is 1. The van der Waals surface area contributed by atoms with Gasteiger partial charge in [0.1, 0.15) is 5.82 Å². The van der Waals surface area contributed by atoms with Crippen LogP contribution in [0.4, 0.5) is 10.1 Å². The zero-order valence-electron chi connectivity index (χ0n) is 19.1. The van der Waals surface area contributed by atoms with E-state index in [0.717, 1.165) is 11.8 Å². The largest absolute Gasteiger partial charge is 0.342 e. The summed E-state index contributed by atoms with van der Waals surface area (Å²) < 4.78 is 16.3. The topological polar surface area (TPSA) is 88.9 Å². The SMILES string of the molecule is CC(C)C[C@@H](NC(=O)c1ccc(Cl)cc1Cl)c1nnc(SCC(=O)Nc2ccc(Br)cc2F)n1C. The van der Waals surface area contributed by atoms with Crippen LogP contribution >= 0.6 is 50.9 Å². The highest BCUT2D eigenvalue weighted by Crippen LogP contribution is 2.26. The lowest BCUT2D eigenvalue weighted by molar-refractivity contribution is -0.113. The van der Waals surface area contributed by atoms with Crippen LogP contribution in [0.5, 0.6) is 0 Å². The van der Waals surface area contributed by atoms with Crippen molar-refractivity contribution in [1.82, 2.24) is 20.1 Å². The molecule has 1 aromatic heterocycles. The maximum absolute atomic E-state index is 14.0. The molecule has 0 bridgehead atoms. The van der Waals surface area contributed by atoms with E-state index >= 15 is 0 Å². The molecule has 2 amide bonds. The molecule has 0 saturated carbocycles. The first-order chi connectivity index (χ1) is 16.5. The number of hydrogen-bond donors (Lipinski definition) is 2. The minimum absolute atomic E-state index is 0.00304. The van der Waals surface area contributed by atoms with Crippen LogP contribution in [-0.2, 0) is 11.8 Å². The lowest BCUT2D eigenvalue weighted by atomic mass is 10.0. The number of carbonyl (C=O) groups excluding carboxylic acids is 2. The number of amides is 2. The van der Waals surface area contributed by atoms with Crippen LogP contribution in [0.2, 0.25) is 10.0 Å². The average molecular weight is 603 g/mol. The predicted octanol–water partition coefficient (Wildman–Crippen LogP) is 6.27. The Balaban J connectivity index is 1.70. The van der Waals surface area contributed by atoms with E-state index in [9.17, 15) is 14.0 Å². The van der Waals surface area contributed by atoms with Gasteiger partial charge in [0.15, 0.2) is 11.0 Å². The van der Waals surface area contributed by atoms with Gasteiger partial charge >= 0.3 is 0 Å². The molecular weight excluding hydrogens is 580 g/mol. The fourth-order valence-electron chi connectivity index (χ4n) is 3.27. The van der Waals surface area contributed by atoms with Crippen molar-refractivity contribution in [1.29, 1.82) is 0 Å². The summed E-state index contributed by atoms with van der Waals surface area (Å²) in [6.45, 7) is 4.07. The lowest BCUT2D eigenvalue weighted by Crippen LogP contribution is -2.31. The third kappa shape index (κ3) is 7.42. The first-order valence-electron chi connectivity index (χ1n) is 10.6. The van der Waals surface area contributed by atoms with Gasteiger partial charge in [-0.05, 0) is 48.7 Å². The summed E-state index contributed by atoms with van der Waals surface area (Å²) in [6, 6.07) is 8.64. The Labute approximate surface area is 225 Å². The van der Waals surface area contributed by atoms with Gasteiger partial charge in [-0.2, -0.15) is 0 Å². The fraction of sp³-hybridized carbons (Fsp3) is 0.304. The summed E-state index contributed by atoms with van der Waals surface area (Å²) in [4.78, 5) is 25.2. The van der Waals surface area contributed by atoms with Gasteiger partial charge in [0.25, 0.3) is 5.91 Å². The zero-order valence-corrected chi connectivity index (χ0v) is 23.0. The minimum atomic E-state index is -0.535. The molecule has 1 heterocycles. The monoisotopic (exact) mass is 601 g/mol. The third-order valence-corrected chi connectivity index (χ3v) is 6.97. The smallest absolute Gasteiger partial charge is 0.253 e. The van der Waals surface area contributed by atoms with Crippen molar-refractivity contribution in [3.8, 4) is 0 Å². The van der Waals surface area contributed by atoms with Crippen molar-refractivity contribution in [2.45, 2.75) is 31.5 Å². The minimum Gasteiger partial charge on any atom is -0.342 e.